The zero-order valence-corrected chi connectivity index (χ0v) is 11.1. The molecule has 0 aromatic heterocycles. The Hall–Kier alpha value is -1.35. The summed E-state index contributed by atoms with van der Waals surface area (Å²) in [4.78, 5) is 11.7. The quantitative estimate of drug-likeness (QED) is 0.833. The predicted molar refractivity (Wildman–Crippen MR) is 71.5 cm³/mol. The monoisotopic (exact) mass is 292 g/mol. The first-order chi connectivity index (χ1) is 8.18. The topological polar surface area (TPSA) is 26.3 Å². The maximum atomic E-state index is 11.7. The number of allylic oxidation sites excluding steroid dienone is 1. The Morgan fingerprint density at radius 3 is 2.71 bits per heavy atom. The normalized spacial score (nSPS) is 24.6. The summed E-state index contributed by atoms with van der Waals surface area (Å²) < 4.78 is 5.99. The summed E-state index contributed by atoms with van der Waals surface area (Å²) in [5.74, 6) is -0.0756. The second kappa shape index (κ2) is 5.32. The summed E-state index contributed by atoms with van der Waals surface area (Å²) in [5, 5.41) is 0. The van der Waals surface area contributed by atoms with Gasteiger partial charge in [-0.25, -0.2) is 0 Å². The Labute approximate surface area is 109 Å². The van der Waals surface area contributed by atoms with E-state index in [-0.39, 0.29) is 17.8 Å². The van der Waals surface area contributed by atoms with Crippen LogP contribution in [0.4, 0.5) is 0 Å². The summed E-state index contributed by atoms with van der Waals surface area (Å²) in [5.41, 5.74) is 1.10. The summed E-state index contributed by atoms with van der Waals surface area (Å²) in [6, 6.07) is 9.95. The standard InChI is InChI=1S/C14H13BrO2/c1-10-13(17-9-12(15)14(10)16)8-7-11-5-3-2-4-6-11/h2-10,13H,1H3/b8-7+/t10-,13+/m0/s1. The minimum Gasteiger partial charge on any atom is -0.492 e. The van der Waals surface area contributed by atoms with Crippen LogP contribution in [0.5, 0.6) is 0 Å². The van der Waals surface area contributed by atoms with Crippen LogP contribution in [0.1, 0.15) is 12.5 Å². The van der Waals surface area contributed by atoms with Crippen LogP contribution in [0.3, 0.4) is 0 Å². The van der Waals surface area contributed by atoms with Gasteiger partial charge in [0.15, 0.2) is 5.78 Å². The second-order valence-electron chi connectivity index (χ2n) is 3.99. The molecule has 0 unspecified atom stereocenters. The molecule has 1 aromatic carbocycles. The molecular weight excluding hydrogens is 280 g/mol. The number of Topliss-reactive ketones (excluding diaryl/α,β-unsaturated/α-hetero) is 1. The van der Waals surface area contributed by atoms with E-state index in [0.29, 0.717) is 4.48 Å². The summed E-state index contributed by atoms with van der Waals surface area (Å²) in [6.45, 7) is 1.87. The lowest BCUT2D eigenvalue weighted by atomic mass is 9.97. The number of hydrogen-bond acceptors (Lipinski definition) is 2. The largest absolute Gasteiger partial charge is 0.492 e. The second-order valence-corrected chi connectivity index (χ2v) is 4.84. The average Bonchev–Trinajstić information content (AvgIpc) is 2.36. The van der Waals surface area contributed by atoms with E-state index in [0.717, 1.165) is 5.56 Å². The molecule has 88 valence electrons. The van der Waals surface area contributed by atoms with Crippen molar-refractivity contribution in [1.29, 1.82) is 0 Å². The van der Waals surface area contributed by atoms with Crippen molar-refractivity contribution in [3.8, 4) is 0 Å². The van der Waals surface area contributed by atoms with Crippen molar-refractivity contribution in [1.82, 2.24) is 0 Å². The van der Waals surface area contributed by atoms with Gasteiger partial charge >= 0.3 is 0 Å². The van der Waals surface area contributed by atoms with Crippen LogP contribution >= 0.6 is 15.9 Å². The average molecular weight is 293 g/mol. The molecule has 2 atom stereocenters. The SMILES string of the molecule is C[C@@H]1C(=O)C(Br)=CO[C@@H]1/C=C/c1ccccc1. The van der Waals surface area contributed by atoms with E-state index < -0.39 is 0 Å². The Balaban J connectivity index is 2.10. The van der Waals surface area contributed by atoms with Gasteiger partial charge in [-0.3, -0.25) is 4.79 Å². The number of carbonyl (C=O) groups is 1. The predicted octanol–water partition coefficient (Wildman–Crippen LogP) is 3.54. The molecular formula is C14H13BrO2. The van der Waals surface area contributed by atoms with E-state index in [1.165, 1.54) is 6.26 Å². The van der Waals surface area contributed by atoms with Crippen molar-refractivity contribution in [2.75, 3.05) is 0 Å². The fourth-order valence-electron chi connectivity index (χ4n) is 1.66. The van der Waals surface area contributed by atoms with Crippen LogP contribution in [-0.4, -0.2) is 11.9 Å². The molecule has 0 saturated heterocycles. The van der Waals surface area contributed by atoms with E-state index in [1.54, 1.807) is 0 Å². The molecule has 0 aliphatic carbocycles. The molecule has 1 aliphatic heterocycles. The van der Waals surface area contributed by atoms with Crippen LogP contribution in [0.25, 0.3) is 6.08 Å². The van der Waals surface area contributed by atoms with Gasteiger partial charge < -0.3 is 4.74 Å². The van der Waals surface area contributed by atoms with Gasteiger partial charge in [0.25, 0.3) is 0 Å². The number of benzene rings is 1. The molecule has 1 aromatic rings. The van der Waals surface area contributed by atoms with Gasteiger partial charge in [-0.2, -0.15) is 0 Å². The van der Waals surface area contributed by atoms with Gasteiger partial charge in [0.1, 0.15) is 12.4 Å². The van der Waals surface area contributed by atoms with Crippen LogP contribution in [0, 0.1) is 5.92 Å². The van der Waals surface area contributed by atoms with E-state index in [9.17, 15) is 4.79 Å². The molecule has 1 heterocycles. The first-order valence-electron chi connectivity index (χ1n) is 5.47. The van der Waals surface area contributed by atoms with Crippen molar-refractivity contribution in [2.24, 2.45) is 5.92 Å². The van der Waals surface area contributed by atoms with Crippen LogP contribution in [0.15, 0.2) is 47.2 Å². The zero-order valence-electron chi connectivity index (χ0n) is 9.47. The number of carbonyl (C=O) groups excluding carboxylic acids is 1. The van der Waals surface area contributed by atoms with Crippen molar-refractivity contribution >= 4 is 27.8 Å². The molecule has 0 bridgehead atoms. The zero-order chi connectivity index (χ0) is 12.3. The fraction of sp³-hybridized carbons (Fsp3) is 0.214. The van der Waals surface area contributed by atoms with Gasteiger partial charge in [-0.05, 0) is 27.6 Å². The smallest absolute Gasteiger partial charge is 0.179 e. The lowest BCUT2D eigenvalue weighted by Crippen LogP contribution is -2.29. The third-order valence-electron chi connectivity index (χ3n) is 2.75. The first kappa shape index (κ1) is 12.1. The third-order valence-corrected chi connectivity index (χ3v) is 3.33. The number of hydrogen-bond donors (Lipinski definition) is 0. The Kier molecular flexibility index (Phi) is 3.79. The Morgan fingerprint density at radius 1 is 1.29 bits per heavy atom. The summed E-state index contributed by atoms with van der Waals surface area (Å²) >= 11 is 3.18. The molecule has 0 N–H and O–H groups in total. The Bertz CT molecular complexity index is 462. The van der Waals surface area contributed by atoms with Gasteiger partial charge in [0, 0.05) is 0 Å². The number of halogens is 1. The van der Waals surface area contributed by atoms with Gasteiger partial charge in [-0.1, -0.05) is 43.3 Å². The maximum absolute atomic E-state index is 11.7. The van der Waals surface area contributed by atoms with Gasteiger partial charge in [-0.15, -0.1) is 0 Å². The number of ketones is 1. The molecule has 3 heteroatoms. The lowest BCUT2D eigenvalue weighted by Gasteiger charge is -2.23. The van der Waals surface area contributed by atoms with Crippen molar-refractivity contribution < 1.29 is 9.53 Å². The third kappa shape index (κ3) is 2.86. The van der Waals surface area contributed by atoms with E-state index in [1.807, 2.05) is 49.4 Å². The maximum Gasteiger partial charge on any atom is 0.179 e. The van der Waals surface area contributed by atoms with Crippen LogP contribution < -0.4 is 0 Å². The Morgan fingerprint density at radius 2 is 2.00 bits per heavy atom. The molecule has 0 radical (unpaired) electrons. The molecule has 0 fully saturated rings. The van der Waals surface area contributed by atoms with E-state index in [4.69, 9.17) is 4.74 Å². The molecule has 17 heavy (non-hydrogen) atoms. The highest BCUT2D eigenvalue weighted by molar-refractivity contribution is 9.12. The summed E-state index contributed by atoms with van der Waals surface area (Å²) in [6.07, 6.45) is 5.18. The minimum atomic E-state index is -0.191. The number of ether oxygens (including phenoxy) is 1. The van der Waals surface area contributed by atoms with Crippen LogP contribution in [-0.2, 0) is 9.53 Å². The van der Waals surface area contributed by atoms with Crippen molar-refractivity contribution in [2.45, 2.75) is 13.0 Å². The minimum absolute atomic E-state index is 0.0824. The van der Waals surface area contributed by atoms with Gasteiger partial charge in [0.2, 0.25) is 0 Å². The lowest BCUT2D eigenvalue weighted by molar-refractivity contribution is -0.122. The molecule has 1 aliphatic rings. The van der Waals surface area contributed by atoms with E-state index >= 15 is 0 Å². The molecule has 0 spiro atoms. The van der Waals surface area contributed by atoms with Crippen molar-refractivity contribution in [3.05, 3.63) is 52.7 Å². The number of rotatable bonds is 2. The molecule has 2 rings (SSSR count). The highest BCUT2D eigenvalue weighted by Crippen LogP contribution is 2.25. The molecule has 0 saturated carbocycles. The molecule has 2 nitrogen and oxygen atoms in total. The van der Waals surface area contributed by atoms with Gasteiger partial charge in [0.05, 0.1) is 10.4 Å². The highest BCUT2D eigenvalue weighted by atomic mass is 79.9. The van der Waals surface area contributed by atoms with Crippen molar-refractivity contribution in [3.63, 3.8) is 0 Å². The molecule has 0 amide bonds. The van der Waals surface area contributed by atoms with Crippen LogP contribution in [0.2, 0.25) is 0 Å². The fourth-order valence-corrected chi connectivity index (χ4v) is 2.13. The first-order valence-corrected chi connectivity index (χ1v) is 6.26. The summed E-state index contributed by atoms with van der Waals surface area (Å²) in [7, 11) is 0. The van der Waals surface area contributed by atoms with E-state index in [2.05, 4.69) is 15.9 Å². The highest BCUT2D eigenvalue weighted by Gasteiger charge is 2.28.